The van der Waals surface area contributed by atoms with Gasteiger partial charge in [0.05, 0.1) is 17.7 Å². The Bertz CT molecular complexity index is 894. The summed E-state index contributed by atoms with van der Waals surface area (Å²) in [5.74, 6) is 0.714. The van der Waals surface area contributed by atoms with Gasteiger partial charge < -0.3 is 10.1 Å². The molecule has 0 aliphatic heterocycles. The van der Waals surface area contributed by atoms with Crippen molar-refractivity contribution in [1.29, 1.82) is 0 Å². The Morgan fingerprint density at radius 2 is 1.96 bits per heavy atom. The van der Waals surface area contributed by atoms with Crippen LogP contribution in [0.2, 0.25) is 0 Å². The molecule has 5 nitrogen and oxygen atoms in total. The molecule has 1 aliphatic rings. The summed E-state index contributed by atoms with van der Waals surface area (Å²) in [6, 6.07) is 13.8. The van der Waals surface area contributed by atoms with Crippen molar-refractivity contribution in [1.82, 2.24) is 15.1 Å². The first kappa shape index (κ1) is 17.8. The number of rotatable bonds is 5. The zero-order valence-corrected chi connectivity index (χ0v) is 16.2. The molecule has 1 aromatic carbocycles. The van der Waals surface area contributed by atoms with Crippen molar-refractivity contribution in [2.75, 3.05) is 7.11 Å². The summed E-state index contributed by atoms with van der Waals surface area (Å²) < 4.78 is 6.97. The predicted molar refractivity (Wildman–Crippen MR) is 108 cm³/mol. The molecule has 0 bridgehead atoms. The molecule has 1 fully saturated rings. The minimum absolute atomic E-state index is 0.0620. The summed E-state index contributed by atoms with van der Waals surface area (Å²) in [6.45, 7) is 0. The highest BCUT2D eigenvalue weighted by Gasteiger charge is 2.22. The van der Waals surface area contributed by atoms with E-state index in [9.17, 15) is 4.79 Å². The third-order valence-electron chi connectivity index (χ3n) is 4.97. The van der Waals surface area contributed by atoms with Gasteiger partial charge in [0.1, 0.15) is 17.1 Å². The van der Waals surface area contributed by atoms with Crippen LogP contribution in [0.1, 0.15) is 42.6 Å². The van der Waals surface area contributed by atoms with Crippen molar-refractivity contribution in [3.05, 3.63) is 53.5 Å². The number of ether oxygens (including phenoxy) is 1. The van der Waals surface area contributed by atoms with Crippen LogP contribution < -0.4 is 10.1 Å². The quantitative estimate of drug-likeness (QED) is 0.699. The molecule has 0 radical (unpaired) electrons. The maximum atomic E-state index is 13.0. The topological polar surface area (TPSA) is 56.2 Å². The number of aromatic nitrogens is 2. The molecular weight excluding hydrogens is 358 g/mol. The van der Waals surface area contributed by atoms with Gasteiger partial charge in [-0.25, -0.2) is 4.68 Å². The summed E-state index contributed by atoms with van der Waals surface area (Å²) in [5.41, 5.74) is 2.22. The molecule has 1 N–H and O–H groups in total. The van der Waals surface area contributed by atoms with E-state index in [1.54, 1.807) is 23.1 Å². The second kappa shape index (κ2) is 7.96. The van der Waals surface area contributed by atoms with Gasteiger partial charge in [-0.2, -0.15) is 5.10 Å². The van der Waals surface area contributed by atoms with E-state index in [1.165, 1.54) is 19.3 Å². The summed E-state index contributed by atoms with van der Waals surface area (Å²) in [7, 11) is 1.64. The molecule has 2 aromatic heterocycles. The van der Waals surface area contributed by atoms with Crippen molar-refractivity contribution in [2.45, 2.75) is 38.1 Å². The Morgan fingerprint density at radius 1 is 1.19 bits per heavy atom. The standard InChI is InChI=1S/C21H23N3O2S/c1-26-17-11-9-16(10-12-17)24-19(14-18(23-24)20-8-5-13-27-20)21(25)22-15-6-3-2-4-7-15/h5,8-15H,2-4,6-7H2,1H3,(H,22,25). The maximum Gasteiger partial charge on any atom is 0.270 e. The van der Waals surface area contributed by atoms with Gasteiger partial charge in [0, 0.05) is 6.04 Å². The van der Waals surface area contributed by atoms with E-state index in [0.29, 0.717) is 5.69 Å². The largest absolute Gasteiger partial charge is 0.497 e. The van der Waals surface area contributed by atoms with Gasteiger partial charge in [-0.1, -0.05) is 25.3 Å². The second-order valence-corrected chi connectivity index (χ2v) is 7.76. The number of methoxy groups -OCH3 is 1. The molecule has 4 rings (SSSR count). The van der Waals surface area contributed by atoms with Crippen LogP contribution in [0.25, 0.3) is 16.3 Å². The van der Waals surface area contributed by atoms with Gasteiger partial charge in [0.25, 0.3) is 5.91 Å². The average molecular weight is 382 g/mol. The molecule has 1 saturated carbocycles. The van der Waals surface area contributed by atoms with Crippen LogP contribution in [-0.2, 0) is 0 Å². The molecule has 3 aromatic rings. The van der Waals surface area contributed by atoms with Crippen molar-refractivity contribution < 1.29 is 9.53 Å². The normalized spacial score (nSPS) is 14.9. The third kappa shape index (κ3) is 3.90. The Balaban J connectivity index is 1.68. The van der Waals surface area contributed by atoms with Crippen LogP contribution in [0.5, 0.6) is 5.75 Å². The number of hydrogen-bond acceptors (Lipinski definition) is 4. The molecular formula is C21H23N3O2S. The van der Waals surface area contributed by atoms with E-state index >= 15 is 0 Å². The zero-order chi connectivity index (χ0) is 18.6. The van der Waals surface area contributed by atoms with Gasteiger partial charge in [-0.3, -0.25) is 4.79 Å². The molecule has 1 aliphatic carbocycles. The number of hydrogen-bond donors (Lipinski definition) is 1. The Labute approximate surface area is 163 Å². The first-order valence-corrected chi connectivity index (χ1v) is 10.2. The smallest absolute Gasteiger partial charge is 0.270 e. The Kier molecular flexibility index (Phi) is 5.25. The summed E-state index contributed by atoms with van der Waals surface area (Å²) in [4.78, 5) is 14.1. The summed E-state index contributed by atoms with van der Waals surface area (Å²) in [6.07, 6.45) is 5.74. The fourth-order valence-electron chi connectivity index (χ4n) is 3.51. The van der Waals surface area contributed by atoms with Crippen LogP contribution in [0, 0.1) is 0 Å². The second-order valence-electron chi connectivity index (χ2n) is 6.81. The fraction of sp³-hybridized carbons (Fsp3) is 0.333. The molecule has 6 heteroatoms. The maximum absolute atomic E-state index is 13.0. The molecule has 0 unspecified atom stereocenters. The van der Waals surface area contributed by atoms with Crippen LogP contribution in [0.4, 0.5) is 0 Å². The van der Waals surface area contributed by atoms with E-state index in [1.807, 2.05) is 47.8 Å². The molecule has 27 heavy (non-hydrogen) atoms. The number of thiophene rings is 1. The summed E-state index contributed by atoms with van der Waals surface area (Å²) in [5, 5.41) is 9.94. The number of amides is 1. The lowest BCUT2D eigenvalue weighted by molar-refractivity contribution is 0.0920. The van der Waals surface area contributed by atoms with E-state index < -0.39 is 0 Å². The predicted octanol–water partition coefficient (Wildman–Crippen LogP) is 4.67. The highest BCUT2D eigenvalue weighted by atomic mass is 32.1. The minimum Gasteiger partial charge on any atom is -0.497 e. The zero-order valence-electron chi connectivity index (χ0n) is 15.4. The summed E-state index contributed by atoms with van der Waals surface area (Å²) >= 11 is 1.62. The number of carbonyl (C=O) groups excluding carboxylic acids is 1. The Morgan fingerprint density at radius 3 is 2.63 bits per heavy atom. The van der Waals surface area contributed by atoms with Crippen LogP contribution in [0.15, 0.2) is 47.8 Å². The SMILES string of the molecule is COc1ccc(-n2nc(-c3cccs3)cc2C(=O)NC2CCCCC2)cc1. The third-order valence-corrected chi connectivity index (χ3v) is 5.87. The van der Waals surface area contributed by atoms with Crippen molar-refractivity contribution in [3.8, 4) is 22.0 Å². The lowest BCUT2D eigenvalue weighted by atomic mass is 9.95. The lowest BCUT2D eigenvalue weighted by Gasteiger charge is -2.22. The van der Waals surface area contributed by atoms with Crippen LogP contribution >= 0.6 is 11.3 Å². The van der Waals surface area contributed by atoms with Crippen molar-refractivity contribution in [2.24, 2.45) is 0 Å². The van der Waals surface area contributed by atoms with E-state index in [2.05, 4.69) is 5.32 Å². The van der Waals surface area contributed by atoms with E-state index in [-0.39, 0.29) is 11.9 Å². The minimum atomic E-state index is -0.0620. The molecule has 0 spiro atoms. The van der Waals surface area contributed by atoms with Gasteiger partial charge in [-0.05, 0) is 54.6 Å². The van der Waals surface area contributed by atoms with Gasteiger partial charge in [0.15, 0.2) is 0 Å². The van der Waals surface area contributed by atoms with Gasteiger partial charge >= 0.3 is 0 Å². The first-order valence-electron chi connectivity index (χ1n) is 9.34. The number of benzene rings is 1. The molecule has 140 valence electrons. The number of carbonyl (C=O) groups is 1. The van der Waals surface area contributed by atoms with E-state index in [4.69, 9.17) is 9.84 Å². The number of nitrogens with zero attached hydrogens (tertiary/aromatic N) is 2. The van der Waals surface area contributed by atoms with E-state index in [0.717, 1.165) is 34.8 Å². The molecule has 0 atom stereocenters. The van der Waals surface area contributed by atoms with Crippen molar-refractivity contribution >= 4 is 17.2 Å². The van der Waals surface area contributed by atoms with Crippen LogP contribution in [0.3, 0.4) is 0 Å². The molecule has 0 saturated heterocycles. The first-order chi connectivity index (χ1) is 13.2. The highest BCUT2D eigenvalue weighted by molar-refractivity contribution is 7.13. The Hall–Kier alpha value is -2.60. The number of nitrogens with one attached hydrogen (secondary N) is 1. The molecule has 1 amide bonds. The molecule has 2 heterocycles. The van der Waals surface area contributed by atoms with Gasteiger partial charge in [-0.15, -0.1) is 11.3 Å². The lowest BCUT2D eigenvalue weighted by Crippen LogP contribution is -2.37. The average Bonchev–Trinajstić information content (AvgIpc) is 3.39. The van der Waals surface area contributed by atoms with Crippen molar-refractivity contribution in [3.63, 3.8) is 0 Å². The van der Waals surface area contributed by atoms with Gasteiger partial charge in [0.2, 0.25) is 0 Å². The fourth-order valence-corrected chi connectivity index (χ4v) is 4.20. The highest BCUT2D eigenvalue weighted by Crippen LogP contribution is 2.27. The monoisotopic (exact) mass is 381 g/mol. The van der Waals surface area contributed by atoms with Crippen LogP contribution in [-0.4, -0.2) is 28.8 Å².